The molecule has 2 rings (SSSR count). The summed E-state index contributed by atoms with van der Waals surface area (Å²) in [5, 5.41) is 9.09. The summed E-state index contributed by atoms with van der Waals surface area (Å²) in [5.74, 6) is -0.440. The smallest absolute Gasteiger partial charge is 0.323 e. The van der Waals surface area contributed by atoms with E-state index in [-0.39, 0.29) is 6.54 Å². The minimum Gasteiger partial charge on any atom is -0.481 e. The van der Waals surface area contributed by atoms with Crippen molar-refractivity contribution in [1.29, 1.82) is 0 Å². The molecule has 21 heavy (non-hydrogen) atoms. The van der Waals surface area contributed by atoms with Gasteiger partial charge in [-0.1, -0.05) is 18.2 Å². The van der Waals surface area contributed by atoms with Crippen LogP contribution in [-0.2, 0) is 11.3 Å². The molecule has 0 amide bonds. The topological polar surface area (TPSA) is 88.7 Å². The number of carbonyl (C=O) groups is 1. The highest BCUT2D eigenvalue weighted by atomic mass is 16.5. The number of methoxy groups -OCH3 is 1. The lowest BCUT2D eigenvalue weighted by molar-refractivity contribution is -0.135. The molecule has 0 fully saturated rings. The molecule has 0 spiro atoms. The molecule has 0 radical (unpaired) electrons. The van der Waals surface area contributed by atoms with E-state index in [0.29, 0.717) is 29.5 Å². The van der Waals surface area contributed by atoms with Crippen molar-refractivity contribution in [2.45, 2.75) is 6.54 Å². The van der Waals surface area contributed by atoms with Crippen LogP contribution in [0.5, 0.6) is 5.88 Å². The standard InChI is InChI=1S/C15H17N3O3/c1-21-14-8-4-5-11(17-14)9-18(10-15(19)20)13-7-3-2-6-12(13)16/h2-8H,9-10,16H2,1H3,(H,19,20). The fourth-order valence-corrected chi connectivity index (χ4v) is 2.02. The molecule has 6 nitrogen and oxygen atoms in total. The number of para-hydroxylation sites is 2. The molecule has 1 aromatic carbocycles. The fourth-order valence-electron chi connectivity index (χ4n) is 2.02. The van der Waals surface area contributed by atoms with Crippen LogP contribution in [0.3, 0.4) is 0 Å². The molecule has 2 aromatic rings. The van der Waals surface area contributed by atoms with Gasteiger partial charge in [0.25, 0.3) is 0 Å². The zero-order valence-corrected chi connectivity index (χ0v) is 11.7. The van der Waals surface area contributed by atoms with Crippen LogP contribution in [0.2, 0.25) is 0 Å². The minimum absolute atomic E-state index is 0.160. The maximum absolute atomic E-state index is 11.1. The predicted molar refractivity (Wildman–Crippen MR) is 80.3 cm³/mol. The molecule has 6 heteroatoms. The van der Waals surface area contributed by atoms with E-state index in [2.05, 4.69) is 4.98 Å². The maximum atomic E-state index is 11.1. The van der Waals surface area contributed by atoms with Gasteiger partial charge in [-0.05, 0) is 18.2 Å². The first-order valence-electron chi connectivity index (χ1n) is 6.41. The number of carboxylic acids is 1. The third kappa shape index (κ3) is 3.85. The number of hydrogen-bond donors (Lipinski definition) is 2. The number of aliphatic carboxylic acids is 1. The Bertz CT molecular complexity index is 631. The van der Waals surface area contributed by atoms with Gasteiger partial charge in [0.1, 0.15) is 6.54 Å². The van der Waals surface area contributed by atoms with Crippen LogP contribution >= 0.6 is 0 Å². The number of anilines is 2. The van der Waals surface area contributed by atoms with E-state index in [1.807, 2.05) is 24.3 Å². The largest absolute Gasteiger partial charge is 0.481 e. The first-order chi connectivity index (χ1) is 10.1. The van der Waals surface area contributed by atoms with Crippen molar-refractivity contribution >= 4 is 17.3 Å². The van der Waals surface area contributed by atoms with Crippen molar-refractivity contribution in [3.63, 3.8) is 0 Å². The summed E-state index contributed by atoms with van der Waals surface area (Å²) in [6.45, 7) is 0.171. The van der Waals surface area contributed by atoms with E-state index in [9.17, 15) is 4.79 Å². The first-order valence-corrected chi connectivity index (χ1v) is 6.41. The molecule has 0 aliphatic carbocycles. The lowest BCUT2D eigenvalue weighted by Gasteiger charge is -2.24. The van der Waals surface area contributed by atoms with E-state index in [0.717, 1.165) is 0 Å². The molecule has 1 heterocycles. The molecule has 0 unspecified atom stereocenters. The SMILES string of the molecule is COc1cccc(CN(CC(=O)O)c2ccccc2N)n1. The molecule has 0 atom stereocenters. The van der Waals surface area contributed by atoms with Gasteiger partial charge in [-0.2, -0.15) is 0 Å². The lowest BCUT2D eigenvalue weighted by atomic mass is 10.2. The highest BCUT2D eigenvalue weighted by molar-refractivity contribution is 5.77. The van der Waals surface area contributed by atoms with Gasteiger partial charge in [0.05, 0.1) is 30.7 Å². The number of nitrogens with two attached hydrogens (primary N) is 1. The summed E-state index contributed by atoms with van der Waals surface area (Å²) >= 11 is 0. The molecule has 3 N–H and O–H groups in total. The Kier molecular flexibility index (Phi) is 4.61. The molecular formula is C15H17N3O3. The van der Waals surface area contributed by atoms with Crippen molar-refractivity contribution < 1.29 is 14.6 Å². The molecule has 110 valence electrons. The van der Waals surface area contributed by atoms with Gasteiger partial charge in [0.15, 0.2) is 0 Å². The van der Waals surface area contributed by atoms with E-state index in [4.69, 9.17) is 15.6 Å². The first kappa shape index (κ1) is 14.6. The summed E-state index contributed by atoms with van der Waals surface area (Å²) in [5.41, 5.74) is 7.83. The Balaban J connectivity index is 2.28. The highest BCUT2D eigenvalue weighted by Crippen LogP contribution is 2.24. The molecule has 1 aromatic heterocycles. The van der Waals surface area contributed by atoms with Crippen molar-refractivity contribution in [3.05, 3.63) is 48.2 Å². The Morgan fingerprint density at radius 2 is 2.05 bits per heavy atom. The van der Waals surface area contributed by atoms with Crippen LogP contribution in [0, 0.1) is 0 Å². The van der Waals surface area contributed by atoms with Crippen molar-refractivity contribution in [2.75, 3.05) is 24.3 Å². The highest BCUT2D eigenvalue weighted by Gasteiger charge is 2.14. The number of benzene rings is 1. The number of nitrogen functional groups attached to an aromatic ring is 1. The molecule has 0 aliphatic rings. The third-order valence-electron chi connectivity index (χ3n) is 2.95. The van der Waals surface area contributed by atoms with Gasteiger partial charge >= 0.3 is 5.97 Å². The summed E-state index contributed by atoms with van der Waals surface area (Å²) < 4.78 is 5.08. The Morgan fingerprint density at radius 1 is 1.29 bits per heavy atom. The van der Waals surface area contributed by atoms with Gasteiger partial charge < -0.3 is 20.5 Å². The van der Waals surface area contributed by atoms with Crippen molar-refractivity contribution in [1.82, 2.24) is 4.98 Å². The fraction of sp³-hybridized carbons (Fsp3) is 0.200. The zero-order valence-electron chi connectivity index (χ0n) is 11.7. The number of carboxylic acid groups (broad SMARTS) is 1. The number of hydrogen-bond acceptors (Lipinski definition) is 5. The van der Waals surface area contributed by atoms with Gasteiger partial charge in [-0.15, -0.1) is 0 Å². The number of pyridine rings is 1. The Labute approximate surface area is 122 Å². The number of aromatic nitrogens is 1. The van der Waals surface area contributed by atoms with Gasteiger partial charge in [0.2, 0.25) is 5.88 Å². The van der Waals surface area contributed by atoms with Crippen LogP contribution in [-0.4, -0.2) is 29.7 Å². The lowest BCUT2D eigenvalue weighted by Crippen LogP contribution is -2.30. The van der Waals surface area contributed by atoms with Crippen molar-refractivity contribution in [3.8, 4) is 5.88 Å². The zero-order chi connectivity index (χ0) is 15.2. The van der Waals surface area contributed by atoms with Crippen LogP contribution in [0.25, 0.3) is 0 Å². The monoisotopic (exact) mass is 287 g/mol. The van der Waals surface area contributed by atoms with Crippen molar-refractivity contribution in [2.24, 2.45) is 0 Å². The molecular weight excluding hydrogens is 270 g/mol. The van der Waals surface area contributed by atoms with Crippen LogP contribution in [0.1, 0.15) is 5.69 Å². The predicted octanol–water partition coefficient (Wildman–Crippen LogP) is 1.76. The molecule has 0 bridgehead atoms. The number of ether oxygens (including phenoxy) is 1. The summed E-state index contributed by atoms with van der Waals surface area (Å²) in [7, 11) is 1.54. The quantitative estimate of drug-likeness (QED) is 0.787. The molecule has 0 aliphatic heterocycles. The average Bonchev–Trinajstić information content (AvgIpc) is 2.47. The van der Waals surface area contributed by atoms with E-state index in [1.54, 1.807) is 23.1 Å². The van der Waals surface area contributed by atoms with E-state index < -0.39 is 5.97 Å². The molecule has 0 saturated carbocycles. The second-order valence-corrected chi connectivity index (χ2v) is 4.48. The van der Waals surface area contributed by atoms with Crippen LogP contribution in [0.4, 0.5) is 11.4 Å². The minimum atomic E-state index is -0.929. The third-order valence-corrected chi connectivity index (χ3v) is 2.95. The summed E-state index contributed by atoms with van der Waals surface area (Å²) in [4.78, 5) is 17.0. The summed E-state index contributed by atoms with van der Waals surface area (Å²) in [6, 6.07) is 12.5. The van der Waals surface area contributed by atoms with E-state index in [1.165, 1.54) is 7.11 Å². The summed E-state index contributed by atoms with van der Waals surface area (Å²) in [6.07, 6.45) is 0. The van der Waals surface area contributed by atoms with Gasteiger partial charge in [-0.3, -0.25) is 4.79 Å². The second-order valence-electron chi connectivity index (χ2n) is 4.48. The van der Waals surface area contributed by atoms with Crippen LogP contribution in [0.15, 0.2) is 42.5 Å². The maximum Gasteiger partial charge on any atom is 0.323 e. The second kappa shape index (κ2) is 6.60. The van der Waals surface area contributed by atoms with Gasteiger partial charge in [-0.25, -0.2) is 4.98 Å². The van der Waals surface area contributed by atoms with E-state index >= 15 is 0 Å². The Morgan fingerprint density at radius 3 is 2.71 bits per heavy atom. The number of nitrogens with zero attached hydrogens (tertiary/aromatic N) is 2. The molecule has 0 saturated heterocycles. The average molecular weight is 287 g/mol. The normalized spacial score (nSPS) is 10.1. The van der Waals surface area contributed by atoms with Crippen LogP contribution < -0.4 is 15.4 Å². The number of rotatable bonds is 6. The van der Waals surface area contributed by atoms with Gasteiger partial charge in [0, 0.05) is 6.07 Å². The Hall–Kier alpha value is -2.76.